The number of hydrogen-bond donors (Lipinski definition) is 2. The molecule has 3 aromatic rings. The Morgan fingerprint density at radius 1 is 1.19 bits per heavy atom. The maximum atomic E-state index is 9.68. The normalized spacial score (nSPS) is 14.9. The molecular weight excluding hydrogens is 437 g/mol. The van der Waals surface area contributed by atoms with E-state index in [1.807, 2.05) is 13.0 Å². The summed E-state index contributed by atoms with van der Waals surface area (Å²) in [4.78, 5) is 0. The molecule has 2 aromatic carbocycles. The van der Waals surface area contributed by atoms with Crippen molar-refractivity contribution >= 4 is 23.2 Å². The van der Waals surface area contributed by atoms with E-state index in [2.05, 4.69) is 22.3 Å². The van der Waals surface area contributed by atoms with E-state index in [4.69, 9.17) is 38.4 Å². The third-order valence-electron chi connectivity index (χ3n) is 4.99. The Hall–Kier alpha value is -3.65. The van der Waals surface area contributed by atoms with Crippen LogP contribution in [-0.4, -0.2) is 10.2 Å². The number of rotatable bonds is 4. The summed E-state index contributed by atoms with van der Waals surface area (Å²) < 4.78 is 11.3. The summed E-state index contributed by atoms with van der Waals surface area (Å²) in [6.45, 7) is 1.95. The lowest BCUT2D eigenvalue weighted by molar-refractivity contribution is 0.306. The largest absolute Gasteiger partial charge is 0.486 e. The number of allylic oxidation sites excluding steroid dienone is 1. The van der Waals surface area contributed by atoms with Crippen LogP contribution in [0.4, 0.5) is 0 Å². The lowest BCUT2D eigenvalue weighted by atomic mass is 9.84. The van der Waals surface area contributed by atoms with Crippen molar-refractivity contribution in [2.75, 3.05) is 0 Å². The van der Waals surface area contributed by atoms with E-state index in [-0.39, 0.29) is 33.9 Å². The van der Waals surface area contributed by atoms with E-state index in [1.165, 1.54) is 0 Å². The lowest BCUT2D eigenvalue weighted by Gasteiger charge is -2.24. The first-order valence-electron chi connectivity index (χ1n) is 9.16. The topological polar surface area (TPSA) is 121 Å². The van der Waals surface area contributed by atoms with Crippen LogP contribution >= 0.6 is 23.2 Å². The third-order valence-corrected chi connectivity index (χ3v) is 5.55. The standard InChI is InChI=1S/C22H15Cl2N5O2/c1-11-18-19(15(9-26)21(27)31-22(18)29-28-11)14-6-16(23)20(17(24)7-14)30-10-13-5-3-2-4-12(13)8-25/h2-7,19H,10,27H2,1H3,(H,28,29)/t19-/m0/s1. The van der Waals surface area contributed by atoms with Gasteiger partial charge in [0.2, 0.25) is 11.8 Å². The molecule has 1 aliphatic rings. The molecule has 0 fully saturated rings. The average Bonchev–Trinajstić information content (AvgIpc) is 3.12. The van der Waals surface area contributed by atoms with Crippen LogP contribution in [0.25, 0.3) is 0 Å². The molecule has 1 atom stereocenters. The molecule has 0 amide bonds. The minimum absolute atomic E-state index is 0.0211. The van der Waals surface area contributed by atoms with Crippen LogP contribution in [0.5, 0.6) is 11.6 Å². The van der Waals surface area contributed by atoms with Crippen LogP contribution in [0.1, 0.15) is 33.9 Å². The highest BCUT2D eigenvalue weighted by atomic mass is 35.5. The van der Waals surface area contributed by atoms with Crippen molar-refractivity contribution in [1.82, 2.24) is 10.2 Å². The quantitative estimate of drug-likeness (QED) is 0.592. The number of aryl methyl sites for hydroxylation is 1. The number of aromatic amines is 1. The zero-order chi connectivity index (χ0) is 22.1. The van der Waals surface area contributed by atoms with E-state index in [9.17, 15) is 10.5 Å². The van der Waals surface area contributed by atoms with Gasteiger partial charge < -0.3 is 15.2 Å². The molecule has 3 N–H and O–H groups in total. The summed E-state index contributed by atoms with van der Waals surface area (Å²) in [6.07, 6.45) is 0. The number of benzene rings is 2. The van der Waals surface area contributed by atoms with E-state index in [1.54, 1.807) is 30.3 Å². The maximum Gasteiger partial charge on any atom is 0.244 e. The lowest BCUT2D eigenvalue weighted by Crippen LogP contribution is -2.21. The number of H-pyrrole nitrogens is 1. The van der Waals surface area contributed by atoms with Crippen LogP contribution in [0.2, 0.25) is 10.0 Å². The number of nitriles is 2. The van der Waals surface area contributed by atoms with Gasteiger partial charge in [-0.05, 0) is 30.7 Å². The van der Waals surface area contributed by atoms with Crippen molar-refractivity contribution in [1.29, 1.82) is 10.5 Å². The molecule has 1 aromatic heterocycles. The molecule has 154 valence electrons. The molecule has 0 radical (unpaired) electrons. The molecule has 0 saturated heterocycles. The van der Waals surface area contributed by atoms with E-state index >= 15 is 0 Å². The summed E-state index contributed by atoms with van der Waals surface area (Å²) in [6, 6.07) is 14.7. The molecule has 2 heterocycles. The summed E-state index contributed by atoms with van der Waals surface area (Å²) in [5, 5.41) is 26.4. The fourth-order valence-corrected chi connectivity index (χ4v) is 4.13. The van der Waals surface area contributed by atoms with Gasteiger partial charge in [0.1, 0.15) is 18.2 Å². The SMILES string of the molecule is Cc1[nH]nc2c1[C@@H](c1cc(Cl)c(OCc3ccccc3C#N)c(Cl)c1)C(C#N)=C(N)O2. The Morgan fingerprint density at radius 2 is 1.90 bits per heavy atom. The van der Waals surface area contributed by atoms with Crippen molar-refractivity contribution in [2.24, 2.45) is 5.73 Å². The number of nitrogens with zero attached hydrogens (tertiary/aromatic N) is 3. The number of halogens is 2. The molecule has 0 spiro atoms. The summed E-state index contributed by atoms with van der Waals surface area (Å²) in [7, 11) is 0. The fraction of sp³-hybridized carbons (Fsp3) is 0.136. The van der Waals surface area contributed by atoms with Crippen LogP contribution in [-0.2, 0) is 6.61 Å². The Morgan fingerprint density at radius 3 is 2.58 bits per heavy atom. The van der Waals surface area contributed by atoms with E-state index in [0.717, 1.165) is 5.69 Å². The smallest absolute Gasteiger partial charge is 0.244 e. The summed E-state index contributed by atoms with van der Waals surface area (Å²) in [5.41, 5.74) is 9.49. The first kappa shape index (κ1) is 20.6. The summed E-state index contributed by atoms with van der Waals surface area (Å²) >= 11 is 13.0. The van der Waals surface area contributed by atoms with Crippen molar-refractivity contribution < 1.29 is 9.47 Å². The predicted molar refractivity (Wildman–Crippen MR) is 115 cm³/mol. The van der Waals surface area contributed by atoms with Gasteiger partial charge in [-0.3, -0.25) is 5.10 Å². The first-order valence-corrected chi connectivity index (χ1v) is 9.92. The summed E-state index contributed by atoms with van der Waals surface area (Å²) in [5.74, 6) is 0.0224. The molecule has 0 bridgehead atoms. The number of aromatic nitrogens is 2. The van der Waals surface area contributed by atoms with Crippen molar-refractivity contribution in [3.63, 3.8) is 0 Å². The number of nitrogens with one attached hydrogen (secondary N) is 1. The van der Waals surface area contributed by atoms with Crippen LogP contribution in [0, 0.1) is 29.6 Å². The molecular formula is C22H15Cl2N5O2. The van der Waals surface area contributed by atoms with E-state index in [0.29, 0.717) is 28.1 Å². The highest BCUT2D eigenvalue weighted by Gasteiger charge is 2.35. The first-order chi connectivity index (χ1) is 14.9. The van der Waals surface area contributed by atoms with Gasteiger partial charge in [0.15, 0.2) is 5.75 Å². The predicted octanol–water partition coefficient (Wildman–Crippen LogP) is 4.69. The van der Waals surface area contributed by atoms with Crippen molar-refractivity contribution in [3.8, 4) is 23.8 Å². The highest BCUT2D eigenvalue weighted by Crippen LogP contribution is 2.45. The van der Waals surface area contributed by atoms with Gasteiger partial charge in [0.05, 0.1) is 27.6 Å². The number of fused-ring (bicyclic) bond motifs is 1. The second-order valence-corrected chi connectivity index (χ2v) is 7.68. The Bertz CT molecular complexity index is 1280. The molecule has 0 unspecified atom stereocenters. The molecule has 31 heavy (non-hydrogen) atoms. The van der Waals surface area contributed by atoms with Crippen molar-refractivity contribution in [3.05, 3.63) is 85.8 Å². The average molecular weight is 452 g/mol. The van der Waals surface area contributed by atoms with Crippen LogP contribution < -0.4 is 15.2 Å². The Balaban J connectivity index is 1.72. The monoisotopic (exact) mass is 451 g/mol. The number of ether oxygens (including phenoxy) is 2. The second-order valence-electron chi connectivity index (χ2n) is 6.86. The molecule has 0 aliphatic carbocycles. The van der Waals surface area contributed by atoms with E-state index < -0.39 is 5.92 Å². The van der Waals surface area contributed by atoms with Crippen LogP contribution in [0.15, 0.2) is 47.9 Å². The minimum Gasteiger partial charge on any atom is -0.486 e. The Labute approximate surface area is 188 Å². The maximum absolute atomic E-state index is 9.68. The molecule has 7 nitrogen and oxygen atoms in total. The van der Waals surface area contributed by atoms with Crippen LogP contribution in [0.3, 0.4) is 0 Å². The van der Waals surface area contributed by atoms with Gasteiger partial charge in [-0.25, -0.2) is 0 Å². The fourth-order valence-electron chi connectivity index (χ4n) is 3.52. The number of hydrogen-bond acceptors (Lipinski definition) is 6. The van der Waals surface area contributed by atoms with Gasteiger partial charge >= 0.3 is 0 Å². The van der Waals surface area contributed by atoms with Gasteiger partial charge in [-0.2, -0.15) is 10.5 Å². The zero-order valence-electron chi connectivity index (χ0n) is 16.2. The third kappa shape index (κ3) is 3.66. The van der Waals surface area contributed by atoms with Gasteiger partial charge in [-0.15, -0.1) is 5.10 Å². The van der Waals surface area contributed by atoms with Gasteiger partial charge in [-0.1, -0.05) is 41.4 Å². The van der Waals surface area contributed by atoms with Gasteiger partial charge in [0, 0.05) is 16.8 Å². The molecule has 0 saturated carbocycles. The molecule has 4 rings (SSSR count). The molecule has 1 aliphatic heterocycles. The highest BCUT2D eigenvalue weighted by molar-refractivity contribution is 6.37. The minimum atomic E-state index is -0.545. The zero-order valence-corrected chi connectivity index (χ0v) is 17.8. The molecule has 9 heteroatoms. The van der Waals surface area contributed by atoms with Crippen molar-refractivity contribution in [2.45, 2.75) is 19.4 Å². The Kier molecular flexibility index (Phi) is 5.48. The number of nitrogens with two attached hydrogens (primary N) is 1. The second kappa shape index (κ2) is 8.23. The van der Waals surface area contributed by atoms with Gasteiger partial charge in [0.25, 0.3) is 0 Å².